The molecule has 5 heteroatoms. The summed E-state index contributed by atoms with van der Waals surface area (Å²) in [6, 6.07) is 24.8. The molecule has 4 nitrogen and oxygen atoms in total. The van der Waals surface area contributed by atoms with Gasteiger partial charge in [-0.3, -0.25) is 9.59 Å². The predicted molar refractivity (Wildman–Crippen MR) is 113 cm³/mol. The summed E-state index contributed by atoms with van der Waals surface area (Å²) in [5.74, 6) is -0.793. The van der Waals surface area contributed by atoms with Crippen LogP contribution in [0.25, 0.3) is 6.08 Å². The Morgan fingerprint density at radius 1 is 0.929 bits per heavy atom. The van der Waals surface area contributed by atoms with Gasteiger partial charge in [0, 0.05) is 15.6 Å². The Hall–Kier alpha value is -3.49. The van der Waals surface area contributed by atoms with Gasteiger partial charge in [-0.25, -0.2) is 0 Å². The Kier molecular flexibility index (Phi) is 6.15. The third-order valence-electron chi connectivity index (χ3n) is 3.99. The topological polar surface area (TPSA) is 70.0 Å². The number of anilines is 1. The van der Waals surface area contributed by atoms with Gasteiger partial charge in [0.25, 0.3) is 5.91 Å². The van der Waals surface area contributed by atoms with Gasteiger partial charge in [-0.1, -0.05) is 76.6 Å². The predicted octanol–water partition coefficient (Wildman–Crippen LogP) is 5.23. The lowest BCUT2D eigenvalue weighted by molar-refractivity contribution is -0.112. The van der Waals surface area contributed by atoms with E-state index in [9.17, 15) is 14.9 Å². The second-order valence-corrected chi connectivity index (χ2v) is 6.84. The van der Waals surface area contributed by atoms with E-state index in [0.29, 0.717) is 21.3 Å². The molecule has 0 aliphatic heterocycles. The van der Waals surface area contributed by atoms with Crippen molar-refractivity contribution in [3.05, 3.63) is 106 Å². The van der Waals surface area contributed by atoms with Gasteiger partial charge in [-0.05, 0) is 29.8 Å². The standard InChI is InChI=1S/C23H15BrN2O2/c24-19-11-12-21(20(14-19)22(27)17-9-5-2-6-10-17)26-23(28)18(15-25)13-16-7-3-1-4-8-16/h1-14H,(H,26,28). The van der Waals surface area contributed by atoms with Crippen LogP contribution in [0.5, 0.6) is 0 Å². The molecule has 1 amide bonds. The van der Waals surface area contributed by atoms with Crippen molar-refractivity contribution in [3.63, 3.8) is 0 Å². The number of carbonyl (C=O) groups is 2. The van der Waals surface area contributed by atoms with E-state index < -0.39 is 5.91 Å². The number of hydrogen-bond donors (Lipinski definition) is 1. The molecule has 0 saturated carbocycles. The first kappa shape index (κ1) is 19.3. The lowest BCUT2D eigenvalue weighted by Crippen LogP contribution is -2.16. The van der Waals surface area contributed by atoms with Gasteiger partial charge in [-0.2, -0.15) is 5.26 Å². The second-order valence-electron chi connectivity index (χ2n) is 5.92. The number of ketones is 1. The number of nitrogens with one attached hydrogen (secondary N) is 1. The zero-order chi connectivity index (χ0) is 19.9. The van der Waals surface area contributed by atoms with Crippen LogP contribution in [0.2, 0.25) is 0 Å². The Morgan fingerprint density at radius 2 is 1.57 bits per heavy atom. The molecule has 3 aromatic rings. The molecule has 1 N–H and O–H groups in total. The van der Waals surface area contributed by atoms with Crippen molar-refractivity contribution < 1.29 is 9.59 Å². The van der Waals surface area contributed by atoms with Crippen molar-refractivity contribution in [1.29, 1.82) is 5.26 Å². The Bertz CT molecular complexity index is 1080. The average Bonchev–Trinajstić information content (AvgIpc) is 2.74. The first-order chi connectivity index (χ1) is 13.6. The van der Waals surface area contributed by atoms with E-state index in [1.807, 2.05) is 30.3 Å². The second kappa shape index (κ2) is 8.94. The van der Waals surface area contributed by atoms with Crippen molar-refractivity contribution in [2.45, 2.75) is 0 Å². The third kappa shape index (κ3) is 4.61. The van der Waals surface area contributed by atoms with Gasteiger partial charge in [0.1, 0.15) is 11.6 Å². The highest BCUT2D eigenvalue weighted by molar-refractivity contribution is 9.10. The molecule has 0 bridgehead atoms. The van der Waals surface area contributed by atoms with Crippen LogP contribution in [0, 0.1) is 11.3 Å². The number of nitriles is 1. The molecular weight excluding hydrogens is 416 g/mol. The number of halogens is 1. The first-order valence-electron chi connectivity index (χ1n) is 8.46. The summed E-state index contributed by atoms with van der Waals surface area (Å²) in [6.07, 6.45) is 1.51. The molecular formula is C23H15BrN2O2. The summed E-state index contributed by atoms with van der Waals surface area (Å²) in [4.78, 5) is 25.5. The zero-order valence-corrected chi connectivity index (χ0v) is 16.3. The summed E-state index contributed by atoms with van der Waals surface area (Å²) >= 11 is 3.36. The molecule has 0 spiro atoms. The number of nitrogens with zero attached hydrogens (tertiary/aromatic N) is 1. The molecule has 0 aromatic heterocycles. The Balaban J connectivity index is 1.92. The lowest BCUT2D eigenvalue weighted by atomic mass is 10.0. The van der Waals surface area contributed by atoms with Gasteiger partial charge >= 0.3 is 0 Å². The zero-order valence-electron chi connectivity index (χ0n) is 14.7. The Labute approximate surface area is 171 Å². The van der Waals surface area contributed by atoms with E-state index in [2.05, 4.69) is 21.2 Å². The highest BCUT2D eigenvalue weighted by atomic mass is 79.9. The van der Waals surface area contributed by atoms with E-state index in [4.69, 9.17) is 0 Å². The molecule has 0 saturated heterocycles. The summed E-state index contributed by atoms with van der Waals surface area (Å²) in [7, 11) is 0. The van der Waals surface area contributed by atoms with Gasteiger partial charge in [0.15, 0.2) is 5.78 Å². The molecule has 0 unspecified atom stereocenters. The van der Waals surface area contributed by atoms with Crippen LogP contribution in [0.4, 0.5) is 5.69 Å². The maximum atomic E-state index is 12.9. The van der Waals surface area contributed by atoms with E-state index in [1.54, 1.807) is 54.6 Å². The molecule has 0 radical (unpaired) electrons. The summed E-state index contributed by atoms with van der Waals surface area (Å²) in [5, 5.41) is 12.1. The fourth-order valence-corrected chi connectivity index (χ4v) is 2.97. The van der Waals surface area contributed by atoms with Crippen LogP contribution < -0.4 is 5.32 Å². The monoisotopic (exact) mass is 430 g/mol. The van der Waals surface area contributed by atoms with Gasteiger partial charge in [0.2, 0.25) is 0 Å². The Morgan fingerprint density at radius 3 is 2.21 bits per heavy atom. The van der Waals surface area contributed by atoms with E-state index in [-0.39, 0.29) is 11.4 Å². The number of benzene rings is 3. The highest BCUT2D eigenvalue weighted by Crippen LogP contribution is 2.24. The van der Waals surface area contributed by atoms with Crippen molar-refractivity contribution in [2.75, 3.05) is 5.32 Å². The van der Waals surface area contributed by atoms with Crippen LogP contribution in [0.1, 0.15) is 21.5 Å². The van der Waals surface area contributed by atoms with Crippen LogP contribution in [-0.4, -0.2) is 11.7 Å². The largest absolute Gasteiger partial charge is 0.321 e. The van der Waals surface area contributed by atoms with E-state index in [0.717, 1.165) is 5.56 Å². The molecule has 0 fully saturated rings. The van der Waals surface area contributed by atoms with Crippen molar-refractivity contribution in [3.8, 4) is 6.07 Å². The molecule has 136 valence electrons. The minimum absolute atomic E-state index is 0.0489. The van der Waals surface area contributed by atoms with Gasteiger partial charge in [-0.15, -0.1) is 0 Å². The molecule has 0 aliphatic rings. The fourth-order valence-electron chi connectivity index (χ4n) is 2.61. The van der Waals surface area contributed by atoms with Gasteiger partial charge < -0.3 is 5.32 Å². The van der Waals surface area contributed by atoms with E-state index >= 15 is 0 Å². The minimum atomic E-state index is -0.573. The molecule has 3 aromatic carbocycles. The van der Waals surface area contributed by atoms with Crippen LogP contribution in [0.15, 0.2) is 88.9 Å². The van der Waals surface area contributed by atoms with Crippen molar-refractivity contribution >= 4 is 39.4 Å². The van der Waals surface area contributed by atoms with Crippen LogP contribution >= 0.6 is 15.9 Å². The normalized spacial score (nSPS) is 10.8. The lowest BCUT2D eigenvalue weighted by Gasteiger charge is -2.11. The van der Waals surface area contributed by atoms with Crippen LogP contribution in [-0.2, 0) is 4.79 Å². The highest BCUT2D eigenvalue weighted by Gasteiger charge is 2.17. The number of hydrogen-bond acceptors (Lipinski definition) is 3. The van der Waals surface area contributed by atoms with Crippen molar-refractivity contribution in [2.24, 2.45) is 0 Å². The SMILES string of the molecule is N#CC(=Cc1ccccc1)C(=O)Nc1ccc(Br)cc1C(=O)c1ccccc1. The fraction of sp³-hybridized carbons (Fsp3) is 0. The molecule has 0 aliphatic carbocycles. The number of rotatable bonds is 5. The maximum Gasteiger partial charge on any atom is 0.266 e. The van der Waals surface area contributed by atoms with Crippen molar-refractivity contribution in [1.82, 2.24) is 0 Å². The molecule has 3 rings (SSSR count). The third-order valence-corrected chi connectivity index (χ3v) is 4.48. The number of carbonyl (C=O) groups excluding carboxylic acids is 2. The smallest absolute Gasteiger partial charge is 0.266 e. The first-order valence-corrected chi connectivity index (χ1v) is 9.25. The maximum absolute atomic E-state index is 12.9. The molecule has 0 atom stereocenters. The van der Waals surface area contributed by atoms with E-state index in [1.165, 1.54) is 6.08 Å². The number of amides is 1. The quantitative estimate of drug-likeness (QED) is 0.342. The summed E-state index contributed by atoms with van der Waals surface area (Å²) < 4.78 is 0.713. The summed E-state index contributed by atoms with van der Waals surface area (Å²) in [5.41, 5.74) is 1.89. The molecule has 28 heavy (non-hydrogen) atoms. The minimum Gasteiger partial charge on any atom is -0.321 e. The van der Waals surface area contributed by atoms with Gasteiger partial charge in [0.05, 0.1) is 5.69 Å². The molecule has 0 heterocycles. The summed E-state index contributed by atoms with van der Waals surface area (Å²) in [6.45, 7) is 0. The van der Waals surface area contributed by atoms with Crippen LogP contribution in [0.3, 0.4) is 0 Å². The average molecular weight is 431 g/mol.